The zero-order valence-electron chi connectivity index (χ0n) is 16.4. The number of morpholine rings is 1. The minimum absolute atomic E-state index is 0. The van der Waals surface area contributed by atoms with Crippen LogP contribution < -0.4 is 9.64 Å². The number of anilines is 1. The van der Waals surface area contributed by atoms with Crippen LogP contribution in [0.15, 0.2) is 18.5 Å². The summed E-state index contributed by atoms with van der Waals surface area (Å²) in [6.07, 6.45) is 12.5. The number of nitrogens with zero attached hydrogens (tertiary/aromatic N) is 2. The molecule has 156 valence electrons. The van der Waals surface area contributed by atoms with Crippen molar-refractivity contribution in [1.82, 2.24) is 4.98 Å². The Morgan fingerprint density at radius 2 is 2.07 bits per heavy atom. The van der Waals surface area contributed by atoms with Crippen LogP contribution in [0, 0.1) is 11.3 Å². The van der Waals surface area contributed by atoms with Gasteiger partial charge in [-0.05, 0) is 56.3 Å². The molecule has 1 N–H and O–H groups in total. The molecule has 6 nitrogen and oxygen atoms in total. The van der Waals surface area contributed by atoms with Crippen LogP contribution in [-0.4, -0.2) is 48.5 Å². The van der Waals surface area contributed by atoms with Crippen molar-refractivity contribution in [2.45, 2.75) is 57.5 Å². The van der Waals surface area contributed by atoms with Crippen molar-refractivity contribution in [2.75, 3.05) is 31.2 Å². The normalized spacial score (nSPS) is 23.9. The molecule has 7 heteroatoms. The molecule has 1 spiro atoms. The van der Waals surface area contributed by atoms with Gasteiger partial charge in [-0.15, -0.1) is 0 Å². The van der Waals surface area contributed by atoms with Crippen LogP contribution in [0.25, 0.3) is 0 Å². The zero-order valence-corrected chi connectivity index (χ0v) is 17.4. The molecule has 4 rings (SSSR count). The van der Waals surface area contributed by atoms with Crippen molar-refractivity contribution in [3.05, 3.63) is 18.5 Å². The summed E-state index contributed by atoms with van der Waals surface area (Å²) >= 11 is 0. The van der Waals surface area contributed by atoms with Gasteiger partial charge in [0.05, 0.1) is 37.4 Å². The van der Waals surface area contributed by atoms with Gasteiger partial charge in [-0.1, -0.05) is 0 Å². The number of hydrogen-bond donors (Lipinski definition) is 1. The van der Waals surface area contributed by atoms with E-state index < -0.39 is 5.97 Å². The van der Waals surface area contributed by atoms with Crippen LogP contribution in [0.4, 0.5) is 5.69 Å². The van der Waals surface area contributed by atoms with Crippen molar-refractivity contribution in [2.24, 2.45) is 11.3 Å². The minimum Gasteiger partial charge on any atom is -0.492 e. The first-order valence-electron chi connectivity index (χ1n) is 10.3. The highest BCUT2D eigenvalue weighted by Gasteiger charge is 2.44. The summed E-state index contributed by atoms with van der Waals surface area (Å²) in [5.41, 5.74) is 1.75. The van der Waals surface area contributed by atoms with Gasteiger partial charge in [0.1, 0.15) is 5.75 Å². The average molecular weight is 409 g/mol. The second-order valence-corrected chi connectivity index (χ2v) is 8.50. The van der Waals surface area contributed by atoms with Crippen molar-refractivity contribution in [3.63, 3.8) is 0 Å². The Labute approximate surface area is 174 Å². The number of aromatic nitrogens is 1. The maximum absolute atomic E-state index is 10.8. The fourth-order valence-corrected chi connectivity index (χ4v) is 4.42. The van der Waals surface area contributed by atoms with E-state index in [0.717, 1.165) is 30.0 Å². The largest absolute Gasteiger partial charge is 0.492 e. The molecule has 2 aliphatic carbocycles. The fraction of sp³-hybridized carbons (Fsp3) is 0.714. The van der Waals surface area contributed by atoms with E-state index in [1.807, 2.05) is 6.20 Å². The quantitative estimate of drug-likeness (QED) is 0.743. The Hall–Kier alpha value is -1.47. The maximum Gasteiger partial charge on any atom is 0.303 e. The number of pyridine rings is 1. The van der Waals surface area contributed by atoms with E-state index in [0.29, 0.717) is 25.5 Å². The van der Waals surface area contributed by atoms with E-state index in [1.54, 1.807) is 6.20 Å². The van der Waals surface area contributed by atoms with Gasteiger partial charge in [-0.25, -0.2) is 0 Å². The van der Waals surface area contributed by atoms with Crippen molar-refractivity contribution in [3.8, 4) is 5.75 Å². The Morgan fingerprint density at radius 3 is 2.79 bits per heavy atom. The van der Waals surface area contributed by atoms with Crippen LogP contribution in [0.3, 0.4) is 0 Å². The van der Waals surface area contributed by atoms with Gasteiger partial charge < -0.3 is 19.5 Å². The molecule has 1 aliphatic heterocycles. The number of carboxylic acids is 1. The summed E-state index contributed by atoms with van der Waals surface area (Å²) in [4.78, 5) is 17.4. The number of carboxylic acid groups (broad SMARTS) is 1. The molecule has 2 saturated carbocycles. The molecular weight excluding hydrogens is 376 g/mol. The first-order chi connectivity index (χ1) is 13.1. The Balaban J connectivity index is 0.00000225. The summed E-state index contributed by atoms with van der Waals surface area (Å²) in [6.45, 7) is 2.88. The highest BCUT2D eigenvalue weighted by Crippen LogP contribution is 2.57. The van der Waals surface area contributed by atoms with Crippen LogP contribution in [0.2, 0.25) is 0 Å². The second-order valence-electron chi connectivity index (χ2n) is 8.50. The van der Waals surface area contributed by atoms with Gasteiger partial charge >= 0.3 is 5.97 Å². The molecule has 0 unspecified atom stereocenters. The first kappa shape index (κ1) is 21.2. The lowest BCUT2D eigenvalue weighted by atomic mass is 9.80. The van der Waals surface area contributed by atoms with E-state index in [2.05, 4.69) is 16.0 Å². The molecule has 0 aromatic carbocycles. The zero-order chi connectivity index (χ0) is 18.7. The third kappa shape index (κ3) is 5.54. The lowest BCUT2D eigenvalue weighted by molar-refractivity contribution is -0.137. The predicted molar refractivity (Wildman–Crippen MR) is 113 cm³/mol. The standard InChI is InChI=1S/C21H30N2O4.H2S/c24-20(25)2-1-18-14-23(9-10-26-18)17-11-19(13-22-12-17)27-15-16-3-5-21(6-4-16)7-8-21;/h11-13,16,18H,1-10,14-15H2,(H,24,25);1H2/t18-;/m0./s1. The molecule has 3 aliphatic rings. The van der Waals surface area contributed by atoms with E-state index >= 15 is 0 Å². The highest BCUT2D eigenvalue weighted by atomic mass is 32.1. The molecule has 0 bridgehead atoms. The monoisotopic (exact) mass is 408 g/mol. The Bertz CT molecular complexity index is 658. The van der Waals surface area contributed by atoms with Gasteiger partial charge in [-0.3, -0.25) is 9.78 Å². The number of ether oxygens (including phenoxy) is 2. The summed E-state index contributed by atoms with van der Waals surface area (Å²) in [5.74, 6) is 0.722. The molecule has 2 heterocycles. The number of aliphatic carboxylic acids is 1. The third-order valence-electron chi connectivity index (χ3n) is 6.49. The molecule has 28 heavy (non-hydrogen) atoms. The smallest absolute Gasteiger partial charge is 0.303 e. The van der Waals surface area contributed by atoms with E-state index in [4.69, 9.17) is 14.6 Å². The Kier molecular flexibility index (Phi) is 7.10. The van der Waals surface area contributed by atoms with Crippen molar-refractivity contribution >= 4 is 25.2 Å². The SMILES string of the molecule is O=C(O)CC[C@H]1CN(c2cncc(OCC3CCC4(CC3)CC4)c2)CCO1.S. The third-order valence-corrected chi connectivity index (χ3v) is 6.49. The molecule has 1 aromatic heterocycles. The number of carbonyl (C=O) groups is 1. The topological polar surface area (TPSA) is 71.9 Å². The maximum atomic E-state index is 10.8. The lowest BCUT2D eigenvalue weighted by Gasteiger charge is -2.34. The van der Waals surface area contributed by atoms with Gasteiger partial charge in [0.15, 0.2) is 0 Å². The van der Waals surface area contributed by atoms with Gasteiger partial charge in [-0.2, -0.15) is 13.5 Å². The van der Waals surface area contributed by atoms with Crippen LogP contribution in [-0.2, 0) is 9.53 Å². The van der Waals surface area contributed by atoms with Gasteiger partial charge in [0.2, 0.25) is 0 Å². The minimum atomic E-state index is -0.775. The number of rotatable bonds is 7. The predicted octanol–water partition coefficient (Wildman–Crippen LogP) is 3.61. The molecular formula is C21H32N2O4S. The van der Waals surface area contributed by atoms with Gasteiger partial charge in [0.25, 0.3) is 0 Å². The average Bonchev–Trinajstić information content (AvgIpc) is 3.45. The lowest BCUT2D eigenvalue weighted by Crippen LogP contribution is -2.42. The van der Waals surface area contributed by atoms with E-state index in [9.17, 15) is 4.79 Å². The molecule has 3 fully saturated rings. The highest BCUT2D eigenvalue weighted by molar-refractivity contribution is 7.59. The summed E-state index contributed by atoms with van der Waals surface area (Å²) in [5, 5.41) is 8.87. The van der Waals surface area contributed by atoms with Crippen molar-refractivity contribution in [1.29, 1.82) is 0 Å². The Morgan fingerprint density at radius 1 is 1.29 bits per heavy atom. The summed E-state index contributed by atoms with van der Waals surface area (Å²) in [6, 6.07) is 2.05. The van der Waals surface area contributed by atoms with Crippen molar-refractivity contribution < 1.29 is 19.4 Å². The fourth-order valence-electron chi connectivity index (χ4n) is 4.42. The second kappa shape index (κ2) is 9.35. The van der Waals surface area contributed by atoms with Crippen LogP contribution >= 0.6 is 13.5 Å². The number of hydrogen-bond acceptors (Lipinski definition) is 5. The molecule has 1 aromatic rings. The van der Waals surface area contributed by atoms with Gasteiger partial charge in [0, 0.05) is 25.6 Å². The van der Waals surface area contributed by atoms with Crippen LogP contribution in [0.5, 0.6) is 5.75 Å². The first-order valence-corrected chi connectivity index (χ1v) is 10.3. The summed E-state index contributed by atoms with van der Waals surface area (Å²) in [7, 11) is 0. The van der Waals surface area contributed by atoms with E-state index in [1.165, 1.54) is 38.5 Å². The van der Waals surface area contributed by atoms with Crippen LogP contribution in [0.1, 0.15) is 51.4 Å². The molecule has 1 saturated heterocycles. The van der Waals surface area contributed by atoms with E-state index in [-0.39, 0.29) is 26.0 Å². The molecule has 0 amide bonds. The molecule has 1 atom stereocenters. The molecule has 0 radical (unpaired) electrons. The summed E-state index contributed by atoms with van der Waals surface area (Å²) < 4.78 is 11.8.